The van der Waals surface area contributed by atoms with Crippen LogP contribution in [0.1, 0.15) is 26.2 Å². The molecule has 0 atom stereocenters. The summed E-state index contributed by atoms with van der Waals surface area (Å²) in [7, 11) is 0. The van der Waals surface area contributed by atoms with Gasteiger partial charge in [-0.25, -0.2) is 0 Å². The zero-order valence-electron chi connectivity index (χ0n) is 10.0. The summed E-state index contributed by atoms with van der Waals surface area (Å²) in [4.78, 5) is 11.3. The summed E-state index contributed by atoms with van der Waals surface area (Å²) >= 11 is 5.75. The lowest BCUT2D eigenvalue weighted by molar-refractivity contribution is -0.121. The summed E-state index contributed by atoms with van der Waals surface area (Å²) < 4.78 is 5.44. The van der Waals surface area contributed by atoms with Gasteiger partial charge in [0.05, 0.1) is 6.54 Å². The Labute approximate surface area is 107 Å². The number of ether oxygens (including phenoxy) is 1. The summed E-state index contributed by atoms with van der Waals surface area (Å²) in [5.41, 5.74) is 0. The van der Waals surface area contributed by atoms with Crippen molar-refractivity contribution < 1.29 is 9.53 Å². The first-order chi connectivity index (χ1) is 8.22. The van der Waals surface area contributed by atoms with E-state index in [1.807, 2.05) is 0 Å². The van der Waals surface area contributed by atoms with Gasteiger partial charge in [0.15, 0.2) is 0 Å². The molecule has 3 nitrogen and oxygen atoms in total. The van der Waals surface area contributed by atoms with E-state index in [4.69, 9.17) is 16.3 Å². The molecule has 0 heterocycles. The zero-order chi connectivity index (χ0) is 12.5. The molecule has 0 aliphatic carbocycles. The molecule has 0 bridgehead atoms. The van der Waals surface area contributed by atoms with Crippen LogP contribution in [-0.4, -0.2) is 19.1 Å². The predicted octanol–water partition coefficient (Wildman–Crippen LogP) is 3.03. The third kappa shape index (κ3) is 6.17. The molecule has 1 amide bonds. The van der Waals surface area contributed by atoms with Crippen molar-refractivity contribution >= 4 is 17.5 Å². The Morgan fingerprint density at radius 3 is 2.71 bits per heavy atom. The minimum Gasteiger partial charge on any atom is -0.492 e. The minimum atomic E-state index is 0.0894. The number of rotatable bonds is 7. The first-order valence-corrected chi connectivity index (χ1v) is 6.25. The van der Waals surface area contributed by atoms with Crippen molar-refractivity contribution in [1.29, 1.82) is 0 Å². The molecule has 0 saturated carbocycles. The summed E-state index contributed by atoms with van der Waals surface area (Å²) in [6.45, 7) is 3.07. The van der Waals surface area contributed by atoms with E-state index in [0.717, 1.165) is 18.6 Å². The molecule has 1 N–H and O–H groups in total. The summed E-state index contributed by atoms with van der Waals surface area (Å²) in [5.74, 6) is 0.851. The molecule has 0 radical (unpaired) electrons. The fourth-order valence-corrected chi connectivity index (χ4v) is 1.44. The van der Waals surface area contributed by atoms with Crippen LogP contribution >= 0.6 is 11.6 Å². The molecule has 0 spiro atoms. The third-order valence-corrected chi connectivity index (χ3v) is 2.52. The number of halogens is 1. The number of unbranched alkanes of at least 4 members (excludes halogenated alkanes) is 1. The topological polar surface area (TPSA) is 38.3 Å². The van der Waals surface area contributed by atoms with E-state index in [0.29, 0.717) is 24.6 Å². The highest BCUT2D eigenvalue weighted by atomic mass is 35.5. The molecule has 1 aromatic rings. The summed E-state index contributed by atoms with van der Waals surface area (Å²) in [6, 6.07) is 7.16. The van der Waals surface area contributed by atoms with Crippen molar-refractivity contribution in [3.05, 3.63) is 29.3 Å². The van der Waals surface area contributed by atoms with Crippen LogP contribution in [-0.2, 0) is 4.79 Å². The van der Waals surface area contributed by atoms with Crippen molar-refractivity contribution in [3.8, 4) is 5.75 Å². The number of hydrogen-bond donors (Lipinski definition) is 1. The normalized spacial score (nSPS) is 10.0. The Hall–Kier alpha value is -1.22. The number of nitrogens with one attached hydrogen (secondary N) is 1. The second kappa shape index (κ2) is 7.96. The molecule has 94 valence electrons. The fourth-order valence-electron chi connectivity index (χ4n) is 1.32. The molecular weight excluding hydrogens is 238 g/mol. The van der Waals surface area contributed by atoms with Crippen LogP contribution in [0.5, 0.6) is 5.75 Å². The van der Waals surface area contributed by atoms with Gasteiger partial charge < -0.3 is 10.1 Å². The molecule has 4 heteroatoms. The van der Waals surface area contributed by atoms with Crippen molar-refractivity contribution in [2.45, 2.75) is 26.2 Å². The Bertz CT molecular complexity index is 338. The van der Waals surface area contributed by atoms with E-state index in [1.165, 1.54) is 0 Å². The standard InChI is InChI=1S/C13H18ClNO2/c1-2-3-4-13(16)15-9-10-17-12-7-5-11(14)6-8-12/h5-8H,2-4,9-10H2,1H3,(H,15,16). The van der Waals surface area contributed by atoms with Gasteiger partial charge in [0, 0.05) is 11.4 Å². The Balaban J connectivity index is 2.11. The van der Waals surface area contributed by atoms with E-state index in [9.17, 15) is 4.79 Å². The third-order valence-electron chi connectivity index (χ3n) is 2.26. The quantitative estimate of drug-likeness (QED) is 0.761. The van der Waals surface area contributed by atoms with Crippen molar-refractivity contribution in [2.24, 2.45) is 0 Å². The Morgan fingerprint density at radius 2 is 2.06 bits per heavy atom. The predicted molar refractivity (Wildman–Crippen MR) is 69.5 cm³/mol. The molecule has 0 saturated heterocycles. The molecule has 0 aromatic heterocycles. The van der Waals surface area contributed by atoms with Gasteiger partial charge in [-0.2, -0.15) is 0 Å². The first-order valence-electron chi connectivity index (χ1n) is 5.87. The van der Waals surface area contributed by atoms with Crippen LogP contribution < -0.4 is 10.1 Å². The van der Waals surface area contributed by atoms with E-state index >= 15 is 0 Å². The highest BCUT2D eigenvalue weighted by molar-refractivity contribution is 6.30. The highest BCUT2D eigenvalue weighted by Gasteiger charge is 1.99. The van der Waals surface area contributed by atoms with Crippen molar-refractivity contribution in [1.82, 2.24) is 5.32 Å². The van der Waals surface area contributed by atoms with Crippen LogP contribution in [0, 0.1) is 0 Å². The number of hydrogen-bond acceptors (Lipinski definition) is 2. The van der Waals surface area contributed by atoms with Gasteiger partial charge in [-0.3, -0.25) is 4.79 Å². The number of carbonyl (C=O) groups excluding carboxylic acids is 1. The first kappa shape index (κ1) is 13.8. The lowest BCUT2D eigenvalue weighted by Gasteiger charge is -2.07. The van der Waals surface area contributed by atoms with Crippen molar-refractivity contribution in [2.75, 3.05) is 13.2 Å². The molecule has 0 unspecified atom stereocenters. The van der Waals surface area contributed by atoms with Crippen LogP contribution in [0.3, 0.4) is 0 Å². The van der Waals surface area contributed by atoms with E-state index in [2.05, 4.69) is 12.2 Å². The van der Waals surface area contributed by atoms with E-state index in [-0.39, 0.29) is 5.91 Å². The smallest absolute Gasteiger partial charge is 0.220 e. The van der Waals surface area contributed by atoms with E-state index in [1.54, 1.807) is 24.3 Å². The lowest BCUT2D eigenvalue weighted by Crippen LogP contribution is -2.27. The number of carbonyl (C=O) groups is 1. The maximum atomic E-state index is 11.3. The minimum absolute atomic E-state index is 0.0894. The molecular formula is C13H18ClNO2. The number of amides is 1. The lowest BCUT2D eigenvalue weighted by atomic mass is 10.2. The van der Waals surface area contributed by atoms with Crippen LogP contribution in [0.4, 0.5) is 0 Å². The molecule has 0 aliphatic heterocycles. The van der Waals surface area contributed by atoms with E-state index < -0.39 is 0 Å². The van der Waals surface area contributed by atoms with Gasteiger partial charge in [-0.1, -0.05) is 24.9 Å². The van der Waals surface area contributed by atoms with Gasteiger partial charge in [0.2, 0.25) is 5.91 Å². The molecule has 0 fully saturated rings. The summed E-state index contributed by atoms with van der Waals surface area (Å²) in [6.07, 6.45) is 2.57. The molecule has 1 rings (SSSR count). The number of benzene rings is 1. The average Bonchev–Trinajstić information content (AvgIpc) is 2.34. The van der Waals surface area contributed by atoms with Gasteiger partial charge in [0.25, 0.3) is 0 Å². The van der Waals surface area contributed by atoms with Gasteiger partial charge >= 0.3 is 0 Å². The maximum Gasteiger partial charge on any atom is 0.220 e. The van der Waals surface area contributed by atoms with Crippen molar-refractivity contribution in [3.63, 3.8) is 0 Å². The SMILES string of the molecule is CCCCC(=O)NCCOc1ccc(Cl)cc1. The van der Waals surface area contributed by atoms with Crippen LogP contribution in [0.25, 0.3) is 0 Å². The van der Waals surface area contributed by atoms with Gasteiger partial charge in [0.1, 0.15) is 12.4 Å². The summed E-state index contributed by atoms with van der Waals surface area (Å²) in [5, 5.41) is 3.49. The molecule has 1 aromatic carbocycles. The average molecular weight is 256 g/mol. The maximum absolute atomic E-state index is 11.3. The highest BCUT2D eigenvalue weighted by Crippen LogP contribution is 2.14. The largest absolute Gasteiger partial charge is 0.492 e. The Kier molecular flexibility index (Phi) is 6.48. The van der Waals surface area contributed by atoms with Gasteiger partial charge in [-0.05, 0) is 30.7 Å². The second-order valence-electron chi connectivity index (χ2n) is 3.76. The molecule has 0 aliphatic rings. The zero-order valence-corrected chi connectivity index (χ0v) is 10.8. The van der Waals surface area contributed by atoms with Crippen LogP contribution in [0.15, 0.2) is 24.3 Å². The fraction of sp³-hybridized carbons (Fsp3) is 0.462. The molecule has 17 heavy (non-hydrogen) atoms. The Morgan fingerprint density at radius 1 is 1.35 bits per heavy atom. The van der Waals surface area contributed by atoms with Gasteiger partial charge in [-0.15, -0.1) is 0 Å². The monoisotopic (exact) mass is 255 g/mol. The second-order valence-corrected chi connectivity index (χ2v) is 4.19. The van der Waals surface area contributed by atoms with Crippen LogP contribution in [0.2, 0.25) is 5.02 Å².